The molecule has 0 aliphatic rings. The Morgan fingerprint density at radius 3 is 2.59 bits per heavy atom. The third-order valence-electron chi connectivity index (χ3n) is 2.87. The second-order valence-electron chi connectivity index (χ2n) is 4.30. The van der Waals surface area contributed by atoms with Crippen LogP contribution in [0.2, 0.25) is 0 Å². The summed E-state index contributed by atoms with van der Waals surface area (Å²) >= 11 is 5.07. The van der Waals surface area contributed by atoms with Crippen LogP contribution in [-0.4, -0.2) is 22.9 Å². The van der Waals surface area contributed by atoms with Gasteiger partial charge >= 0.3 is 0 Å². The van der Waals surface area contributed by atoms with Gasteiger partial charge in [-0.15, -0.1) is 11.3 Å². The minimum atomic E-state index is -0.759. The van der Waals surface area contributed by atoms with Crippen molar-refractivity contribution >= 4 is 33.2 Å². The Morgan fingerprint density at radius 2 is 2.18 bits per heavy atom. The zero-order chi connectivity index (χ0) is 13.1. The highest BCUT2D eigenvalue weighted by atomic mass is 79.9. The van der Waals surface area contributed by atoms with E-state index in [4.69, 9.17) is 5.73 Å². The molecule has 0 saturated carbocycles. The maximum absolute atomic E-state index is 12.2. The maximum atomic E-state index is 12.2. The highest BCUT2D eigenvalue weighted by molar-refractivity contribution is 9.11. The summed E-state index contributed by atoms with van der Waals surface area (Å²) in [5.41, 5.74) is 5.24. The fraction of sp³-hybridized carbons (Fsp3) is 0.583. The summed E-state index contributed by atoms with van der Waals surface area (Å²) in [5.74, 6) is 0.0204. The fourth-order valence-electron chi connectivity index (χ4n) is 1.46. The van der Waals surface area contributed by atoms with Crippen LogP contribution in [0.5, 0.6) is 0 Å². The van der Waals surface area contributed by atoms with Gasteiger partial charge in [0.25, 0.3) is 0 Å². The normalized spacial score (nSPS) is 14.4. The van der Waals surface area contributed by atoms with Crippen molar-refractivity contribution in [1.82, 2.24) is 4.90 Å². The topological polar surface area (TPSA) is 46.3 Å². The third-order valence-corrected chi connectivity index (χ3v) is 4.48. The first-order chi connectivity index (χ1) is 7.90. The molecule has 0 aliphatic carbocycles. The lowest BCUT2D eigenvalue weighted by Gasteiger charge is -2.30. The molecule has 1 aromatic rings. The molecule has 0 saturated heterocycles. The lowest BCUT2D eigenvalue weighted by atomic mass is 9.98. The zero-order valence-corrected chi connectivity index (χ0v) is 12.9. The van der Waals surface area contributed by atoms with E-state index in [1.807, 2.05) is 30.9 Å². The highest BCUT2D eigenvalue weighted by Crippen LogP contribution is 2.24. The number of rotatable bonds is 5. The molecule has 0 aliphatic heterocycles. The van der Waals surface area contributed by atoms with Gasteiger partial charge in [0.15, 0.2) is 0 Å². The molecule has 2 N–H and O–H groups in total. The highest BCUT2D eigenvalue weighted by Gasteiger charge is 2.30. The van der Waals surface area contributed by atoms with Crippen LogP contribution in [0.1, 0.15) is 32.1 Å². The van der Waals surface area contributed by atoms with Crippen LogP contribution in [-0.2, 0) is 11.3 Å². The van der Waals surface area contributed by atoms with Gasteiger partial charge in [-0.1, -0.05) is 6.92 Å². The quantitative estimate of drug-likeness (QED) is 0.907. The Kier molecular flexibility index (Phi) is 5.16. The van der Waals surface area contributed by atoms with E-state index in [2.05, 4.69) is 15.9 Å². The molecule has 1 aromatic heterocycles. The Labute approximate surface area is 115 Å². The Bertz CT molecular complexity index is 390. The lowest BCUT2D eigenvalue weighted by Crippen LogP contribution is -2.52. The van der Waals surface area contributed by atoms with E-state index in [1.54, 1.807) is 18.3 Å². The Balaban J connectivity index is 2.75. The summed E-state index contributed by atoms with van der Waals surface area (Å²) in [6, 6.07) is 4.03. The second kappa shape index (κ2) is 5.98. The molecule has 1 atom stereocenters. The van der Waals surface area contributed by atoms with E-state index in [-0.39, 0.29) is 5.91 Å². The standard InChI is InChI=1S/C12H19BrN2OS/c1-4-12(3,14)11(16)15(5-2)8-9-6-7-10(13)17-9/h6-7H,4-5,8,14H2,1-3H3. The van der Waals surface area contributed by atoms with E-state index in [9.17, 15) is 4.79 Å². The number of amides is 1. The van der Waals surface area contributed by atoms with Gasteiger partial charge in [-0.05, 0) is 48.3 Å². The van der Waals surface area contributed by atoms with Crippen LogP contribution in [0.15, 0.2) is 15.9 Å². The molecular formula is C12H19BrN2OS. The van der Waals surface area contributed by atoms with Crippen LogP contribution in [0.3, 0.4) is 0 Å². The van der Waals surface area contributed by atoms with Crippen molar-refractivity contribution < 1.29 is 4.79 Å². The van der Waals surface area contributed by atoms with Crippen molar-refractivity contribution in [3.05, 3.63) is 20.8 Å². The van der Waals surface area contributed by atoms with E-state index in [0.717, 1.165) is 3.79 Å². The number of carbonyl (C=O) groups excluding carboxylic acids is 1. The summed E-state index contributed by atoms with van der Waals surface area (Å²) in [6.07, 6.45) is 0.649. The predicted molar refractivity (Wildman–Crippen MR) is 76.0 cm³/mol. The average Bonchev–Trinajstić information content (AvgIpc) is 2.70. The minimum Gasteiger partial charge on any atom is -0.336 e. The molecule has 3 nitrogen and oxygen atoms in total. The lowest BCUT2D eigenvalue weighted by molar-refractivity contribution is -0.136. The number of nitrogens with two attached hydrogens (primary N) is 1. The van der Waals surface area contributed by atoms with E-state index < -0.39 is 5.54 Å². The minimum absolute atomic E-state index is 0.0204. The molecule has 0 spiro atoms. The van der Waals surface area contributed by atoms with Crippen molar-refractivity contribution in [2.45, 2.75) is 39.3 Å². The average molecular weight is 319 g/mol. The van der Waals surface area contributed by atoms with Gasteiger partial charge in [-0.3, -0.25) is 4.79 Å². The molecule has 1 amide bonds. The number of hydrogen-bond donors (Lipinski definition) is 1. The Hall–Kier alpha value is -0.390. The number of thiophene rings is 1. The fourth-order valence-corrected chi connectivity index (χ4v) is 2.96. The maximum Gasteiger partial charge on any atom is 0.242 e. The van der Waals surface area contributed by atoms with Crippen molar-refractivity contribution in [3.63, 3.8) is 0 Å². The summed E-state index contributed by atoms with van der Waals surface area (Å²) in [6.45, 7) is 7.03. The first-order valence-corrected chi connectivity index (χ1v) is 7.34. The predicted octanol–water partition coefficient (Wildman–Crippen LogP) is 2.99. The summed E-state index contributed by atoms with van der Waals surface area (Å²) in [4.78, 5) is 15.2. The van der Waals surface area contributed by atoms with Gasteiger partial charge in [0.05, 0.1) is 15.9 Å². The largest absolute Gasteiger partial charge is 0.336 e. The van der Waals surface area contributed by atoms with Gasteiger partial charge in [0.2, 0.25) is 5.91 Å². The number of likely N-dealkylation sites (N-methyl/N-ethyl adjacent to an activating group) is 1. The summed E-state index contributed by atoms with van der Waals surface area (Å²) in [7, 11) is 0. The third kappa shape index (κ3) is 3.79. The van der Waals surface area contributed by atoms with Crippen molar-refractivity contribution in [2.24, 2.45) is 5.73 Å². The number of nitrogens with zero attached hydrogens (tertiary/aromatic N) is 1. The molecule has 1 heterocycles. The van der Waals surface area contributed by atoms with Gasteiger partial charge < -0.3 is 10.6 Å². The molecule has 0 aromatic carbocycles. The molecule has 5 heteroatoms. The number of halogens is 1. The number of hydrogen-bond acceptors (Lipinski definition) is 3. The molecule has 17 heavy (non-hydrogen) atoms. The molecule has 96 valence electrons. The second-order valence-corrected chi connectivity index (χ2v) is 6.84. The van der Waals surface area contributed by atoms with Gasteiger partial charge in [-0.2, -0.15) is 0 Å². The number of carbonyl (C=O) groups is 1. The van der Waals surface area contributed by atoms with Gasteiger partial charge in [-0.25, -0.2) is 0 Å². The van der Waals surface area contributed by atoms with E-state index >= 15 is 0 Å². The summed E-state index contributed by atoms with van der Waals surface area (Å²) < 4.78 is 1.09. The van der Waals surface area contributed by atoms with Gasteiger partial charge in [0.1, 0.15) is 0 Å². The monoisotopic (exact) mass is 318 g/mol. The molecule has 1 unspecified atom stereocenters. The first-order valence-electron chi connectivity index (χ1n) is 5.73. The van der Waals surface area contributed by atoms with E-state index in [0.29, 0.717) is 19.5 Å². The van der Waals surface area contributed by atoms with Crippen molar-refractivity contribution in [2.75, 3.05) is 6.54 Å². The van der Waals surface area contributed by atoms with Crippen LogP contribution in [0, 0.1) is 0 Å². The van der Waals surface area contributed by atoms with Gasteiger partial charge in [0, 0.05) is 11.4 Å². The molecule has 0 radical (unpaired) electrons. The SMILES string of the molecule is CCN(Cc1ccc(Br)s1)C(=O)C(C)(N)CC. The van der Waals surface area contributed by atoms with Crippen LogP contribution < -0.4 is 5.73 Å². The zero-order valence-electron chi connectivity index (χ0n) is 10.5. The first kappa shape index (κ1) is 14.7. The molecule has 0 fully saturated rings. The molecule has 1 rings (SSSR count). The smallest absolute Gasteiger partial charge is 0.242 e. The molecule has 0 bridgehead atoms. The Morgan fingerprint density at radius 1 is 1.53 bits per heavy atom. The van der Waals surface area contributed by atoms with E-state index in [1.165, 1.54) is 4.88 Å². The van der Waals surface area contributed by atoms with Crippen molar-refractivity contribution in [1.29, 1.82) is 0 Å². The van der Waals surface area contributed by atoms with Crippen LogP contribution in [0.25, 0.3) is 0 Å². The molecular weight excluding hydrogens is 300 g/mol. The van der Waals surface area contributed by atoms with Crippen molar-refractivity contribution in [3.8, 4) is 0 Å². The van der Waals surface area contributed by atoms with Crippen LogP contribution in [0.4, 0.5) is 0 Å². The summed E-state index contributed by atoms with van der Waals surface area (Å²) in [5, 5.41) is 0. The van der Waals surface area contributed by atoms with Crippen LogP contribution >= 0.6 is 27.3 Å².